The van der Waals surface area contributed by atoms with Crippen molar-refractivity contribution < 1.29 is 18.1 Å². The predicted octanol–water partition coefficient (Wildman–Crippen LogP) is 1.46. The predicted molar refractivity (Wildman–Crippen MR) is 81.6 cm³/mol. The van der Waals surface area contributed by atoms with E-state index in [1.807, 2.05) is 13.0 Å². The molecule has 1 aromatic carbocycles. The number of pyridine rings is 1. The minimum Gasteiger partial charge on any atom is -0.857 e. The lowest BCUT2D eigenvalue weighted by molar-refractivity contribution is -0.712. The van der Waals surface area contributed by atoms with Gasteiger partial charge in [-0.15, -0.1) is 0 Å². The first kappa shape index (κ1) is 16.2. The molecule has 22 heavy (non-hydrogen) atoms. The Morgan fingerprint density at radius 3 is 2.32 bits per heavy atom. The summed E-state index contributed by atoms with van der Waals surface area (Å²) in [5.74, 6) is -0.651. The van der Waals surface area contributed by atoms with Gasteiger partial charge in [-0.3, -0.25) is 0 Å². The van der Waals surface area contributed by atoms with Crippen LogP contribution in [0.3, 0.4) is 0 Å². The monoisotopic (exact) mass is 318 g/mol. The van der Waals surface area contributed by atoms with Crippen LogP contribution in [-0.4, -0.2) is 14.3 Å². The summed E-state index contributed by atoms with van der Waals surface area (Å²) in [6, 6.07) is 12.6. The molecule has 1 heterocycles. The van der Waals surface area contributed by atoms with Crippen molar-refractivity contribution in [3.8, 4) is 0 Å². The molecule has 6 heteroatoms. The molecule has 1 unspecified atom stereocenters. The van der Waals surface area contributed by atoms with Crippen LogP contribution in [0.25, 0.3) is 0 Å². The van der Waals surface area contributed by atoms with Gasteiger partial charge in [0, 0.05) is 24.5 Å². The van der Waals surface area contributed by atoms with Gasteiger partial charge in [-0.1, -0.05) is 31.2 Å². The van der Waals surface area contributed by atoms with E-state index in [1.165, 1.54) is 12.1 Å². The Kier molecular flexibility index (Phi) is 5.27. The lowest BCUT2D eigenvalue weighted by Gasteiger charge is -2.17. The molecule has 116 valence electrons. The van der Waals surface area contributed by atoms with Crippen molar-refractivity contribution in [3.05, 3.63) is 60.9 Å². The molecule has 5 nitrogen and oxygen atoms in total. The Balaban J connectivity index is 2.36. The minimum absolute atomic E-state index is 0.0247. The highest BCUT2D eigenvalue weighted by atomic mass is 32.2. The SMILES string of the molecule is CCCC(C([O-])=NS(=O)(=O)c1ccccc1)[n+]1ccccc1. The van der Waals surface area contributed by atoms with Crippen LogP contribution in [0.2, 0.25) is 0 Å². The Morgan fingerprint density at radius 2 is 1.73 bits per heavy atom. The van der Waals surface area contributed by atoms with Gasteiger partial charge in [-0.05, 0) is 18.6 Å². The molecular formula is C16H18N2O3S. The van der Waals surface area contributed by atoms with E-state index in [-0.39, 0.29) is 4.90 Å². The minimum atomic E-state index is -3.97. The van der Waals surface area contributed by atoms with E-state index in [1.54, 1.807) is 47.3 Å². The highest BCUT2D eigenvalue weighted by Gasteiger charge is 2.20. The van der Waals surface area contributed by atoms with E-state index in [2.05, 4.69) is 4.40 Å². The van der Waals surface area contributed by atoms with E-state index >= 15 is 0 Å². The van der Waals surface area contributed by atoms with Crippen molar-refractivity contribution >= 4 is 15.9 Å². The van der Waals surface area contributed by atoms with E-state index < -0.39 is 22.0 Å². The molecule has 0 N–H and O–H groups in total. The van der Waals surface area contributed by atoms with Crippen LogP contribution >= 0.6 is 0 Å². The van der Waals surface area contributed by atoms with Crippen LogP contribution in [0.5, 0.6) is 0 Å². The normalized spacial score (nSPS) is 13.8. The summed E-state index contributed by atoms with van der Waals surface area (Å²) in [4.78, 5) is 0.0247. The fourth-order valence-corrected chi connectivity index (χ4v) is 3.08. The summed E-state index contributed by atoms with van der Waals surface area (Å²) in [6.45, 7) is 1.94. The molecule has 2 rings (SSSR count). The van der Waals surface area contributed by atoms with Gasteiger partial charge >= 0.3 is 0 Å². The lowest BCUT2D eigenvalue weighted by atomic mass is 10.1. The second-order valence-corrected chi connectivity index (χ2v) is 6.45. The van der Waals surface area contributed by atoms with Gasteiger partial charge in [0.1, 0.15) is 0 Å². The van der Waals surface area contributed by atoms with Gasteiger partial charge in [-0.2, -0.15) is 17.4 Å². The first-order chi connectivity index (χ1) is 10.5. The largest absolute Gasteiger partial charge is 0.857 e. The third-order valence-electron chi connectivity index (χ3n) is 3.20. The van der Waals surface area contributed by atoms with E-state index in [9.17, 15) is 13.5 Å². The third kappa shape index (κ3) is 3.92. The van der Waals surface area contributed by atoms with Crippen molar-refractivity contribution in [1.29, 1.82) is 0 Å². The molecule has 1 aromatic heterocycles. The molecule has 0 aliphatic rings. The second kappa shape index (κ2) is 7.17. The molecule has 0 radical (unpaired) electrons. The molecule has 0 saturated carbocycles. The molecule has 0 saturated heterocycles. The van der Waals surface area contributed by atoms with Gasteiger partial charge < -0.3 is 5.11 Å². The highest BCUT2D eigenvalue weighted by Crippen LogP contribution is 2.14. The quantitative estimate of drug-likeness (QED) is 0.460. The standard InChI is InChI=1S/C16H18N2O3S/c1-2-9-15(18-12-7-4-8-13-18)16(19)17-22(20,21)14-10-5-3-6-11-14/h3-8,10-13,15H,2,9H2,1H3. The average Bonchev–Trinajstić information content (AvgIpc) is 2.54. The van der Waals surface area contributed by atoms with E-state index in [0.717, 1.165) is 6.42 Å². The molecule has 0 spiro atoms. The summed E-state index contributed by atoms with van der Waals surface area (Å²) < 4.78 is 29.5. The number of rotatable bonds is 6. The zero-order valence-corrected chi connectivity index (χ0v) is 13.1. The summed E-state index contributed by atoms with van der Waals surface area (Å²) >= 11 is 0. The van der Waals surface area contributed by atoms with Gasteiger partial charge in [0.25, 0.3) is 10.0 Å². The maximum Gasteiger partial charge on any atom is 0.281 e. The van der Waals surface area contributed by atoms with Crippen LogP contribution < -0.4 is 9.67 Å². The number of benzene rings is 1. The Bertz CT molecular complexity index is 729. The number of aromatic nitrogens is 1. The molecule has 0 bridgehead atoms. The highest BCUT2D eigenvalue weighted by molar-refractivity contribution is 7.90. The summed E-state index contributed by atoms with van der Waals surface area (Å²) in [5.41, 5.74) is 0. The molecule has 2 aromatic rings. The maximum absolute atomic E-state index is 12.4. The smallest absolute Gasteiger partial charge is 0.281 e. The van der Waals surface area contributed by atoms with Gasteiger partial charge in [0.15, 0.2) is 18.4 Å². The fourth-order valence-electron chi connectivity index (χ4n) is 2.12. The van der Waals surface area contributed by atoms with Crippen LogP contribution in [0.15, 0.2) is 70.2 Å². The Hall–Kier alpha value is -2.21. The summed E-state index contributed by atoms with van der Waals surface area (Å²) in [7, 11) is -3.97. The number of hydrogen-bond acceptors (Lipinski definition) is 3. The summed E-state index contributed by atoms with van der Waals surface area (Å²) in [6.07, 6.45) is 4.76. The second-order valence-electron chi connectivity index (χ2n) is 4.84. The first-order valence-electron chi connectivity index (χ1n) is 7.07. The molecule has 0 amide bonds. The molecule has 0 aliphatic heterocycles. The number of nitrogens with zero attached hydrogens (tertiary/aromatic N) is 2. The van der Waals surface area contributed by atoms with Crippen LogP contribution in [0.1, 0.15) is 25.8 Å². The number of hydrogen-bond donors (Lipinski definition) is 0. The van der Waals surface area contributed by atoms with Crippen molar-refractivity contribution in [1.82, 2.24) is 0 Å². The van der Waals surface area contributed by atoms with Gasteiger partial charge in [0.2, 0.25) is 0 Å². The van der Waals surface area contributed by atoms with Crippen molar-refractivity contribution in [2.45, 2.75) is 30.7 Å². The van der Waals surface area contributed by atoms with Crippen LogP contribution in [0.4, 0.5) is 0 Å². The average molecular weight is 318 g/mol. The van der Waals surface area contributed by atoms with E-state index in [4.69, 9.17) is 0 Å². The van der Waals surface area contributed by atoms with E-state index in [0.29, 0.717) is 6.42 Å². The first-order valence-corrected chi connectivity index (χ1v) is 8.51. The van der Waals surface area contributed by atoms with Gasteiger partial charge in [-0.25, -0.2) is 0 Å². The fraction of sp³-hybridized carbons (Fsp3) is 0.250. The topological polar surface area (TPSA) is 73.4 Å². The van der Waals surface area contributed by atoms with Gasteiger partial charge in [0.05, 0.1) is 4.90 Å². The number of sulfonamides is 1. The maximum atomic E-state index is 12.4. The molecule has 1 atom stereocenters. The third-order valence-corrected chi connectivity index (χ3v) is 4.49. The Labute approximate surface area is 130 Å². The van der Waals surface area contributed by atoms with Crippen LogP contribution in [-0.2, 0) is 10.0 Å². The molecular weight excluding hydrogens is 300 g/mol. The lowest BCUT2D eigenvalue weighted by Crippen LogP contribution is -2.47. The zero-order chi connectivity index (χ0) is 16.0. The zero-order valence-electron chi connectivity index (χ0n) is 12.3. The Morgan fingerprint density at radius 1 is 1.14 bits per heavy atom. The van der Waals surface area contributed by atoms with Crippen molar-refractivity contribution in [2.24, 2.45) is 4.40 Å². The summed E-state index contributed by atoms with van der Waals surface area (Å²) in [5, 5.41) is 12.4. The molecule has 0 fully saturated rings. The van der Waals surface area contributed by atoms with Crippen molar-refractivity contribution in [3.63, 3.8) is 0 Å². The van der Waals surface area contributed by atoms with Crippen molar-refractivity contribution in [2.75, 3.05) is 0 Å². The van der Waals surface area contributed by atoms with Crippen LogP contribution in [0, 0.1) is 0 Å². The molecule has 0 aliphatic carbocycles.